The lowest BCUT2D eigenvalue weighted by molar-refractivity contribution is -0.129. The van der Waals surface area contributed by atoms with Crippen molar-refractivity contribution in [1.29, 1.82) is 0 Å². The zero-order valence-electron chi connectivity index (χ0n) is 10.4. The van der Waals surface area contributed by atoms with Gasteiger partial charge in [-0.25, -0.2) is 0 Å². The standard InChI is InChI=1S/C12H21N3O2/c1-9(8-15-7-3-5-11(15)16)14-12(17)10-4-2-6-13-10/h9-10,13H,2-8H2,1H3,(H,14,17). The van der Waals surface area contributed by atoms with Crippen molar-refractivity contribution < 1.29 is 9.59 Å². The molecule has 5 nitrogen and oxygen atoms in total. The molecule has 0 spiro atoms. The van der Waals surface area contributed by atoms with E-state index < -0.39 is 0 Å². The van der Waals surface area contributed by atoms with Crippen LogP contribution in [0.3, 0.4) is 0 Å². The Kier molecular flexibility index (Phi) is 3.99. The number of rotatable bonds is 4. The maximum absolute atomic E-state index is 11.8. The lowest BCUT2D eigenvalue weighted by Gasteiger charge is -2.23. The van der Waals surface area contributed by atoms with Gasteiger partial charge < -0.3 is 15.5 Å². The molecular formula is C12H21N3O2. The molecule has 96 valence electrons. The van der Waals surface area contributed by atoms with Gasteiger partial charge in [0.15, 0.2) is 0 Å². The van der Waals surface area contributed by atoms with E-state index >= 15 is 0 Å². The number of carbonyl (C=O) groups excluding carboxylic acids is 2. The van der Waals surface area contributed by atoms with E-state index in [4.69, 9.17) is 0 Å². The first kappa shape index (κ1) is 12.4. The van der Waals surface area contributed by atoms with Gasteiger partial charge in [-0.15, -0.1) is 0 Å². The number of nitrogens with one attached hydrogen (secondary N) is 2. The van der Waals surface area contributed by atoms with Gasteiger partial charge in [0.05, 0.1) is 6.04 Å². The van der Waals surface area contributed by atoms with Crippen molar-refractivity contribution in [2.75, 3.05) is 19.6 Å². The summed E-state index contributed by atoms with van der Waals surface area (Å²) in [6, 6.07) is -0.00122. The van der Waals surface area contributed by atoms with Gasteiger partial charge >= 0.3 is 0 Å². The first-order valence-corrected chi connectivity index (χ1v) is 6.48. The monoisotopic (exact) mass is 239 g/mol. The minimum Gasteiger partial charge on any atom is -0.351 e. The molecule has 2 saturated heterocycles. The quantitative estimate of drug-likeness (QED) is 0.718. The Bertz CT molecular complexity index is 300. The minimum atomic E-state index is -0.0354. The van der Waals surface area contributed by atoms with E-state index in [0.717, 1.165) is 32.4 Å². The van der Waals surface area contributed by atoms with Gasteiger partial charge in [0, 0.05) is 25.6 Å². The van der Waals surface area contributed by atoms with Gasteiger partial charge in [0.25, 0.3) is 0 Å². The molecule has 2 N–H and O–H groups in total. The van der Waals surface area contributed by atoms with E-state index in [1.165, 1.54) is 0 Å². The van der Waals surface area contributed by atoms with Crippen molar-refractivity contribution in [3.63, 3.8) is 0 Å². The summed E-state index contributed by atoms with van der Waals surface area (Å²) in [4.78, 5) is 25.1. The molecule has 2 amide bonds. The summed E-state index contributed by atoms with van der Waals surface area (Å²) in [5.74, 6) is 0.284. The molecule has 0 aromatic heterocycles. The van der Waals surface area contributed by atoms with Crippen LogP contribution in [-0.2, 0) is 9.59 Å². The van der Waals surface area contributed by atoms with Crippen molar-refractivity contribution >= 4 is 11.8 Å². The number of nitrogens with zero attached hydrogens (tertiary/aromatic N) is 1. The Labute approximate surface area is 102 Å². The Morgan fingerprint density at radius 2 is 2.41 bits per heavy atom. The van der Waals surface area contributed by atoms with Crippen LogP contribution in [0.25, 0.3) is 0 Å². The van der Waals surface area contributed by atoms with Crippen LogP contribution in [0.2, 0.25) is 0 Å². The molecule has 0 aromatic rings. The zero-order valence-corrected chi connectivity index (χ0v) is 10.4. The minimum absolute atomic E-state index is 0.0342. The predicted octanol–water partition coefficient (Wildman–Crippen LogP) is -0.134. The van der Waals surface area contributed by atoms with E-state index in [9.17, 15) is 9.59 Å². The number of hydrogen-bond acceptors (Lipinski definition) is 3. The van der Waals surface area contributed by atoms with Crippen LogP contribution < -0.4 is 10.6 Å². The van der Waals surface area contributed by atoms with Crippen LogP contribution in [0, 0.1) is 0 Å². The maximum Gasteiger partial charge on any atom is 0.237 e. The molecule has 2 aliphatic rings. The van der Waals surface area contributed by atoms with Gasteiger partial charge in [0.1, 0.15) is 0 Å². The van der Waals surface area contributed by atoms with Crippen LogP contribution in [0.1, 0.15) is 32.6 Å². The maximum atomic E-state index is 11.8. The summed E-state index contributed by atoms with van der Waals surface area (Å²) < 4.78 is 0. The van der Waals surface area contributed by atoms with Crippen molar-refractivity contribution in [2.24, 2.45) is 0 Å². The molecule has 2 rings (SSSR count). The molecule has 2 heterocycles. The average Bonchev–Trinajstić information content (AvgIpc) is 2.90. The fraction of sp³-hybridized carbons (Fsp3) is 0.833. The van der Waals surface area contributed by atoms with Crippen LogP contribution in [0.15, 0.2) is 0 Å². The van der Waals surface area contributed by atoms with E-state index in [1.54, 1.807) is 0 Å². The molecule has 2 atom stereocenters. The zero-order chi connectivity index (χ0) is 12.3. The Morgan fingerprint density at radius 3 is 3.00 bits per heavy atom. The number of amides is 2. The van der Waals surface area contributed by atoms with E-state index in [2.05, 4.69) is 10.6 Å². The lowest BCUT2D eigenvalue weighted by atomic mass is 10.2. The van der Waals surface area contributed by atoms with E-state index in [0.29, 0.717) is 13.0 Å². The smallest absolute Gasteiger partial charge is 0.237 e. The molecule has 17 heavy (non-hydrogen) atoms. The largest absolute Gasteiger partial charge is 0.351 e. The third kappa shape index (κ3) is 3.19. The van der Waals surface area contributed by atoms with Gasteiger partial charge in [-0.05, 0) is 32.7 Å². The second-order valence-corrected chi connectivity index (χ2v) is 5.00. The third-order valence-electron chi connectivity index (χ3n) is 3.43. The van der Waals surface area contributed by atoms with Crippen LogP contribution in [0.4, 0.5) is 0 Å². The van der Waals surface area contributed by atoms with Crippen molar-refractivity contribution in [3.8, 4) is 0 Å². The molecule has 0 bridgehead atoms. The van der Waals surface area contributed by atoms with Crippen molar-refractivity contribution in [2.45, 2.75) is 44.7 Å². The molecule has 2 unspecified atom stereocenters. The lowest BCUT2D eigenvalue weighted by Crippen LogP contribution is -2.48. The molecule has 0 aromatic carbocycles. The topological polar surface area (TPSA) is 61.4 Å². The highest BCUT2D eigenvalue weighted by atomic mass is 16.2. The molecule has 5 heteroatoms. The first-order valence-electron chi connectivity index (χ1n) is 6.48. The highest BCUT2D eigenvalue weighted by Gasteiger charge is 2.25. The Morgan fingerprint density at radius 1 is 1.59 bits per heavy atom. The van der Waals surface area contributed by atoms with Crippen LogP contribution >= 0.6 is 0 Å². The normalized spacial score (nSPS) is 26.3. The second-order valence-electron chi connectivity index (χ2n) is 5.00. The summed E-state index contributed by atoms with van der Waals surface area (Å²) in [5.41, 5.74) is 0. The highest BCUT2D eigenvalue weighted by Crippen LogP contribution is 2.10. The number of hydrogen-bond donors (Lipinski definition) is 2. The SMILES string of the molecule is CC(CN1CCCC1=O)NC(=O)C1CCCN1. The second kappa shape index (κ2) is 5.49. The fourth-order valence-corrected chi connectivity index (χ4v) is 2.53. The molecule has 0 aliphatic carbocycles. The summed E-state index contributed by atoms with van der Waals surface area (Å²) in [5, 5.41) is 6.15. The van der Waals surface area contributed by atoms with Gasteiger partial charge in [0.2, 0.25) is 11.8 Å². The molecule has 2 fully saturated rings. The van der Waals surface area contributed by atoms with Gasteiger partial charge in [-0.1, -0.05) is 0 Å². The third-order valence-corrected chi connectivity index (χ3v) is 3.43. The summed E-state index contributed by atoms with van der Waals surface area (Å²) in [7, 11) is 0. The summed E-state index contributed by atoms with van der Waals surface area (Å²) in [6.07, 6.45) is 3.59. The van der Waals surface area contributed by atoms with Crippen molar-refractivity contribution in [3.05, 3.63) is 0 Å². The summed E-state index contributed by atoms with van der Waals surface area (Å²) >= 11 is 0. The Balaban J connectivity index is 1.74. The highest BCUT2D eigenvalue weighted by molar-refractivity contribution is 5.82. The average molecular weight is 239 g/mol. The first-order chi connectivity index (χ1) is 8.16. The number of likely N-dealkylation sites (tertiary alicyclic amines) is 1. The van der Waals surface area contributed by atoms with E-state index in [-0.39, 0.29) is 23.9 Å². The Hall–Kier alpha value is -1.10. The number of carbonyl (C=O) groups is 2. The molecular weight excluding hydrogens is 218 g/mol. The molecule has 0 radical (unpaired) electrons. The van der Waals surface area contributed by atoms with Crippen molar-refractivity contribution in [1.82, 2.24) is 15.5 Å². The summed E-state index contributed by atoms with van der Waals surface area (Å²) in [6.45, 7) is 4.35. The van der Waals surface area contributed by atoms with E-state index in [1.807, 2.05) is 11.8 Å². The molecule has 0 saturated carbocycles. The van der Waals surface area contributed by atoms with Gasteiger partial charge in [-0.2, -0.15) is 0 Å². The predicted molar refractivity (Wildman–Crippen MR) is 64.4 cm³/mol. The fourth-order valence-electron chi connectivity index (χ4n) is 2.53. The molecule has 2 aliphatic heterocycles. The van der Waals surface area contributed by atoms with Gasteiger partial charge in [-0.3, -0.25) is 9.59 Å². The van der Waals surface area contributed by atoms with Crippen LogP contribution in [0.5, 0.6) is 0 Å². The van der Waals surface area contributed by atoms with Crippen LogP contribution in [-0.4, -0.2) is 48.4 Å².